The summed E-state index contributed by atoms with van der Waals surface area (Å²) >= 11 is 0. The van der Waals surface area contributed by atoms with Gasteiger partial charge in [-0.3, -0.25) is 10.1 Å². The van der Waals surface area contributed by atoms with Crippen LogP contribution in [-0.4, -0.2) is 4.92 Å². The Bertz CT molecular complexity index is 835. The monoisotopic (exact) mass is 335 g/mol. The number of non-ortho nitro benzene ring substituents is 1. The molecular formula is C20H17NO4. The first-order valence-electron chi connectivity index (χ1n) is 7.84. The summed E-state index contributed by atoms with van der Waals surface area (Å²) in [5.41, 5.74) is 1.95. The van der Waals surface area contributed by atoms with Crippen LogP contribution in [0.5, 0.6) is 11.5 Å². The maximum absolute atomic E-state index is 11.0. The summed E-state index contributed by atoms with van der Waals surface area (Å²) < 4.78 is 11.6. The third kappa shape index (κ3) is 4.57. The molecule has 126 valence electrons. The molecule has 25 heavy (non-hydrogen) atoms. The summed E-state index contributed by atoms with van der Waals surface area (Å²) in [4.78, 5) is 10.6. The topological polar surface area (TPSA) is 61.6 Å². The molecule has 0 bridgehead atoms. The molecule has 0 radical (unpaired) electrons. The molecule has 0 aliphatic rings. The molecule has 0 N–H and O–H groups in total. The summed E-state index contributed by atoms with van der Waals surface area (Å²) in [5, 5.41) is 11.0. The highest BCUT2D eigenvalue weighted by atomic mass is 16.6. The van der Waals surface area contributed by atoms with Crippen LogP contribution >= 0.6 is 0 Å². The molecule has 0 aromatic heterocycles. The van der Waals surface area contributed by atoms with Crippen LogP contribution in [0.1, 0.15) is 11.1 Å². The van der Waals surface area contributed by atoms with E-state index in [1.165, 1.54) is 12.1 Å². The predicted molar refractivity (Wildman–Crippen MR) is 94.6 cm³/mol. The van der Waals surface area contributed by atoms with Gasteiger partial charge in [0.1, 0.15) is 13.2 Å². The zero-order chi connectivity index (χ0) is 17.5. The van der Waals surface area contributed by atoms with E-state index in [0.717, 1.165) is 11.1 Å². The number of rotatable bonds is 7. The van der Waals surface area contributed by atoms with Crippen LogP contribution in [0.15, 0.2) is 78.9 Å². The van der Waals surface area contributed by atoms with E-state index in [2.05, 4.69) is 0 Å². The minimum Gasteiger partial charge on any atom is -0.485 e. The highest BCUT2D eigenvalue weighted by molar-refractivity contribution is 5.48. The van der Waals surface area contributed by atoms with E-state index in [-0.39, 0.29) is 5.69 Å². The lowest BCUT2D eigenvalue weighted by atomic mass is 10.2. The van der Waals surface area contributed by atoms with Crippen molar-refractivity contribution in [2.45, 2.75) is 13.2 Å². The Hall–Kier alpha value is -3.34. The van der Waals surface area contributed by atoms with Crippen molar-refractivity contribution in [3.8, 4) is 11.5 Å². The predicted octanol–water partition coefficient (Wildman–Crippen LogP) is 4.75. The summed E-state index contributed by atoms with van der Waals surface area (Å²) in [6.45, 7) is 0.671. The zero-order valence-electron chi connectivity index (χ0n) is 13.5. The number of hydrogen-bond donors (Lipinski definition) is 0. The number of benzene rings is 3. The van der Waals surface area contributed by atoms with Crippen molar-refractivity contribution in [3.63, 3.8) is 0 Å². The normalized spacial score (nSPS) is 10.2. The number of nitro benzene ring substituents is 1. The van der Waals surface area contributed by atoms with Gasteiger partial charge in [0.2, 0.25) is 0 Å². The first-order chi connectivity index (χ1) is 12.2. The average molecular weight is 335 g/mol. The fraction of sp³-hybridized carbons (Fsp3) is 0.100. The minimum absolute atomic E-state index is 0.0323. The van der Waals surface area contributed by atoms with Gasteiger partial charge in [0, 0.05) is 6.07 Å². The summed E-state index contributed by atoms with van der Waals surface area (Å²) in [7, 11) is 0. The number of hydrogen-bond acceptors (Lipinski definition) is 4. The second kappa shape index (κ2) is 7.97. The second-order valence-corrected chi connectivity index (χ2v) is 5.44. The van der Waals surface area contributed by atoms with Crippen LogP contribution in [0.25, 0.3) is 0 Å². The van der Waals surface area contributed by atoms with Crippen molar-refractivity contribution in [2.24, 2.45) is 0 Å². The number of nitrogens with zero attached hydrogens (tertiary/aromatic N) is 1. The fourth-order valence-corrected chi connectivity index (χ4v) is 2.31. The van der Waals surface area contributed by atoms with Gasteiger partial charge in [-0.1, -0.05) is 60.7 Å². The Morgan fingerprint density at radius 2 is 1.24 bits per heavy atom. The van der Waals surface area contributed by atoms with Gasteiger partial charge in [0.05, 0.1) is 11.0 Å². The third-order valence-electron chi connectivity index (χ3n) is 3.61. The van der Waals surface area contributed by atoms with E-state index in [4.69, 9.17) is 9.47 Å². The molecular weight excluding hydrogens is 318 g/mol. The molecule has 0 amide bonds. The zero-order valence-corrected chi connectivity index (χ0v) is 13.5. The van der Waals surface area contributed by atoms with Crippen molar-refractivity contribution in [2.75, 3.05) is 0 Å². The molecule has 0 atom stereocenters. The van der Waals surface area contributed by atoms with Gasteiger partial charge in [0.15, 0.2) is 11.5 Å². The standard InChI is InChI=1S/C20H17NO4/c22-21(23)18-11-12-19(24-14-16-7-3-1-4-8-16)20(13-18)25-15-17-9-5-2-6-10-17/h1-13H,14-15H2. The first kappa shape index (κ1) is 16.5. The molecule has 0 aliphatic carbocycles. The molecule has 0 saturated carbocycles. The molecule has 0 aliphatic heterocycles. The molecule has 5 heteroatoms. The van der Waals surface area contributed by atoms with Crippen molar-refractivity contribution < 1.29 is 14.4 Å². The molecule has 3 aromatic carbocycles. The van der Waals surface area contributed by atoms with Crippen molar-refractivity contribution >= 4 is 5.69 Å². The third-order valence-corrected chi connectivity index (χ3v) is 3.61. The van der Waals surface area contributed by atoms with Gasteiger partial charge in [-0.25, -0.2) is 0 Å². The van der Waals surface area contributed by atoms with E-state index in [1.807, 2.05) is 60.7 Å². The summed E-state index contributed by atoms with van der Waals surface area (Å²) in [5.74, 6) is 0.833. The van der Waals surface area contributed by atoms with Crippen LogP contribution in [0.3, 0.4) is 0 Å². The van der Waals surface area contributed by atoms with E-state index < -0.39 is 4.92 Å². The first-order valence-corrected chi connectivity index (χ1v) is 7.84. The van der Waals surface area contributed by atoms with E-state index in [9.17, 15) is 10.1 Å². The highest BCUT2D eigenvalue weighted by Gasteiger charge is 2.13. The lowest BCUT2D eigenvalue weighted by Crippen LogP contribution is -2.01. The van der Waals surface area contributed by atoms with Gasteiger partial charge < -0.3 is 9.47 Å². The molecule has 5 nitrogen and oxygen atoms in total. The summed E-state index contributed by atoms with van der Waals surface area (Å²) in [6, 6.07) is 23.7. The van der Waals surface area contributed by atoms with Crippen LogP contribution in [0, 0.1) is 10.1 Å². The minimum atomic E-state index is -0.448. The van der Waals surface area contributed by atoms with Gasteiger partial charge in [-0.05, 0) is 17.2 Å². The molecule has 3 rings (SSSR count). The summed E-state index contributed by atoms with van der Waals surface area (Å²) in [6.07, 6.45) is 0. The van der Waals surface area contributed by atoms with Crippen LogP contribution < -0.4 is 9.47 Å². The second-order valence-electron chi connectivity index (χ2n) is 5.44. The lowest BCUT2D eigenvalue weighted by molar-refractivity contribution is -0.385. The smallest absolute Gasteiger partial charge is 0.273 e. The van der Waals surface area contributed by atoms with Crippen LogP contribution in [0.4, 0.5) is 5.69 Å². The van der Waals surface area contributed by atoms with Crippen LogP contribution in [-0.2, 0) is 13.2 Å². The SMILES string of the molecule is O=[N+]([O-])c1ccc(OCc2ccccc2)c(OCc2ccccc2)c1. The lowest BCUT2D eigenvalue weighted by Gasteiger charge is -2.13. The Labute approximate surface area is 145 Å². The Kier molecular flexibility index (Phi) is 5.26. The molecule has 3 aromatic rings. The van der Waals surface area contributed by atoms with Gasteiger partial charge >= 0.3 is 0 Å². The van der Waals surface area contributed by atoms with E-state index >= 15 is 0 Å². The van der Waals surface area contributed by atoms with Gasteiger partial charge in [-0.15, -0.1) is 0 Å². The van der Waals surface area contributed by atoms with Crippen molar-refractivity contribution in [1.29, 1.82) is 0 Å². The van der Waals surface area contributed by atoms with Crippen LogP contribution in [0.2, 0.25) is 0 Å². The van der Waals surface area contributed by atoms with Crippen molar-refractivity contribution in [3.05, 3.63) is 100 Å². The Balaban J connectivity index is 1.77. The molecule has 0 heterocycles. The van der Waals surface area contributed by atoms with Crippen molar-refractivity contribution in [1.82, 2.24) is 0 Å². The number of ether oxygens (including phenoxy) is 2. The Morgan fingerprint density at radius 3 is 1.76 bits per heavy atom. The average Bonchev–Trinajstić information content (AvgIpc) is 2.66. The quantitative estimate of drug-likeness (QED) is 0.461. The molecule has 0 saturated heterocycles. The van der Waals surface area contributed by atoms with E-state index in [1.54, 1.807) is 6.07 Å². The van der Waals surface area contributed by atoms with Gasteiger partial charge in [0.25, 0.3) is 5.69 Å². The Morgan fingerprint density at radius 1 is 0.720 bits per heavy atom. The highest BCUT2D eigenvalue weighted by Crippen LogP contribution is 2.32. The maximum atomic E-state index is 11.0. The maximum Gasteiger partial charge on any atom is 0.273 e. The molecule has 0 spiro atoms. The van der Waals surface area contributed by atoms with E-state index in [0.29, 0.717) is 24.7 Å². The van der Waals surface area contributed by atoms with Gasteiger partial charge in [-0.2, -0.15) is 0 Å². The number of nitro groups is 1. The molecule has 0 fully saturated rings. The fourth-order valence-electron chi connectivity index (χ4n) is 2.31. The molecule has 0 unspecified atom stereocenters. The largest absolute Gasteiger partial charge is 0.485 e.